The Morgan fingerprint density at radius 1 is 1.22 bits per heavy atom. The SMILES string of the molecule is CN[C@@H]1[C@@H](O)[C@@H](O[C@H]2[C@H](CC(=O)N(O)CCN)C[C@H](N)C(O[C@H]3OC(CN)=CC[C@H]3N=C(N)N)[C@@H]2O)OC[C@]1(C)O. The lowest BCUT2D eigenvalue weighted by atomic mass is 9.77. The van der Waals surface area contributed by atoms with Crippen LogP contribution in [0.1, 0.15) is 26.2 Å². The quantitative estimate of drug-likeness (QED) is 0.0468. The van der Waals surface area contributed by atoms with Crippen molar-refractivity contribution in [3.05, 3.63) is 11.8 Å². The molecular weight excluding hydrogens is 544 g/mol. The maximum atomic E-state index is 12.7. The molecule has 2 heterocycles. The second-order valence-corrected chi connectivity index (χ2v) is 10.9. The van der Waals surface area contributed by atoms with E-state index in [1.165, 1.54) is 6.92 Å². The zero-order valence-electron chi connectivity index (χ0n) is 23.4. The van der Waals surface area contributed by atoms with Gasteiger partial charge < -0.3 is 68.3 Å². The van der Waals surface area contributed by atoms with Crippen molar-refractivity contribution in [3.63, 3.8) is 0 Å². The van der Waals surface area contributed by atoms with Crippen molar-refractivity contribution < 1.29 is 44.3 Å². The third kappa shape index (κ3) is 8.02. The molecular formula is C24H46N8O9. The Labute approximate surface area is 238 Å². The van der Waals surface area contributed by atoms with Gasteiger partial charge in [0.25, 0.3) is 0 Å². The van der Waals surface area contributed by atoms with Gasteiger partial charge in [-0.3, -0.25) is 10.0 Å². The van der Waals surface area contributed by atoms with Gasteiger partial charge in [0.2, 0.25) is 12.2 Å². The van der Waals surface area contributed by atoms with Crippen molar-refractivity contribution >= 4 is 11.9 Å². The zero-order valence-corrected chi connectivity index (χ0v) is 23.4. The van der Waals surface area contributed by atoms with E-state index < -0.39 is 72.5 Å². The van der Waals surface area contributed by atoms with Crippen LogP contribution in [0.4, 0.5) is 0 Å². The summed E-state index contributed by atoms with van der Waals surface area (Å²) in [6.45, 7) is 1.36. The van der Waals surface area contributed by atoms with E-state index in [4.69, 9.17) is 47.6 Å². The van der Waals surface area contributed by atoms with Gasteiger partial charge in [-0.25, -0.2) is 10.1 Å². The van der Waals surface area contributed by atoms with Crippen molar-refractivity contribution in [1.29, 1.82) is 0 Å². The van der Waals surface area contributed by atoms with Gasteiger partial charge in [0.05, 0.1) is 31.8 Å². The number of hydrogen-bond donors (Lipinski definition) is 10. The number of aliphatic hydroxyl groups is 3. The summed E-state index contributed by atoms with van der Waals surface area (Å²) in [6, 6.07) is -2.30. The fourth-order valence-electron chi connectivity index (χ4n) is 5.56. The molecule has 1 amide bonds. The van der Waals surface area contributed by atoms with Crippen LogP contribution in [0.3, 0.4) is 0 Å². The van der Waals surface area contributed by atoms with E-state index in [1.807, 2.05) is 0 Å². The molecule has 1 saturated carbocycles. The van der Waals surface area contributed by atoms with E-state index in [0.717, 1.165) is 0 Å². The number of hydrogen-bond acceptors (Lipinski definition) is 14. The van der Waals surface area contributed by atoms with Gasteiger partial charge in [0.1, 0.15) is 35.7 Å². The van der Waals surface area contributed by atoms with Crippen molar-refractivity contribution in [1.82, 2.24) is 10.4 Å². The topological polar surface area (TPSA) is 293 Å². The number of hydroxylamine groups is 2. The summed E-state index contributed by atoms with van der Waals surface area (Å²) in [5.41, 5.74) is 27.4. The molecule has 1 saturated heterocycles. The number of likely N-dealkylation sites (N-methyl/N-ethyl adjacent to an activating group) is 1. The molecule has 11 atom stereocenters. The highest BCUT2D eigenvalue weighted by atomic mass is 16.7. The summed E-state index contributed by atoms with van der Waals surface area (Å²) >= 11 is 0. The molecule has 41 heavy (non-hydrogen) atoms. The molecule has 1 unspecified atom stereocenters. The fraction of sp³-hybridized carbons (Fsp3) is 0.833. The Kier molecular flexibility index (Phi) is 11.7. The zero-order chi connectivity index (χ0) is 30.5. The average molecular weight is 591 g/mol. The number of rotatable bonds is 11. The molecule has 0 aromatic rings. The fourth-order valence-corrected chi connectivity index (χ4v) is 5.56. The molecule has 0 radical (unpaired) electrons. The largest absolute Gasteiger partial charge is 0.466 e. The summed E-state index contributed by atoms with van der Waals surface area (Å²) in [5.74, 6) is -1.13. The van der Waals surface area contributed by atoms with Gasteiger partial charge in [-0.15, -0.1) is 0 Å². The summed E-state index contributed by atoms with van der Waals surface area (Å²) in [6.07, 6.45) is -5.46. The highest BCUT2D eigenvalue weighted by molar-refractivity contribution is 5.76. The Bertz CT molecular complexity index is 937. The van der Waals surface area contributed by atoms with E-state index in [2.05, 4.69) is 10.3 Å². The van der Waals surface area contributed by atoms with Gasteiger partial charge in [0, 0.05) is 19.0 Å². The minimum absolute atomic E-state index is 0.0376. The number of carbonyl (C=O) groups excluding carboxylic acids is 1. The van der Waals surface area contributed by atoms with E-state index >= 15 is 0 Å². The Morgan fingerprint density at radius 2 is 1.90 bits per heavy atom. The van der Waals surface area contributed by atoms with E-state index in [-0.39, 0.29) is 45.0 Å². The molecule has 15 N–H and O–H groups in total. The van der Waals surface area contributed by atoms with E-state index in [1.54, 1.807) is 13.1 Å². The Morgan fingerprint density at radius 3 is 2.51 bits per heavy atom. The first kappa shape index (κ1) is 33.3. The van der Waals surface area contributed by atoms with Crippen LogP contribution in [0.5, 0.6) is 0 Å². The molecule has 0 aromatic heterocycles. The summed E-state index contributed by atoms with van der Waals surface area (Å²) in [5, 5.41) is 46.5. The molecule has 236 valence electrons. The number of amides is 1. The molecule has 17 heteroatoms. The van der Waals surface area contributed by atoms with Crippen LogP contribution in [-0.2, 0) is 23.7 Å². The number of aliphatic imine (C=N–C) groups is 1. The molecule has 0 spiro atoms. The van der Waals surface area contributed by atoms with Crippen molar-refractivity contribution in [2.75, 3.05) is 33.3 Å². The lowest BCUT2D eigenvalue weighted by molar-refractivity contribution is -0.308. The van der Waals surface area contributed by atoms with Crippen LogP contribution in [-0.4, -0.2) is 131 Å². The first-order chi connectivity index (χ1) is 19.3. The van der Waals surface area contributed by atoms with Crippen molar-refractivity contribution in [3.8, 4) is 0 Å². The number of carbonyl (C=O) groups is 1. The average Bonchev–Trinajstić information content (AvgIpc) is 2.90. The molecule has 3 rings (SSSR count). The van der Waals surface area contributed by atoms with Gasteiger partial charge in [0.15, 0.2) is 12.2 Å². The number of aliphatic hydroxyl groups excluding tert-OH is 2. The number of nitrogens with zero attached hydrogens (tertiary/aromatic N) is 2. The first-order valence-electron chi connectivity index (χ1n) is 13.6. The van der Waals surface area contributed by atoms with Gasteiger partial charge >= 0.3 is 0 Å². The smallest absolute Gasteiger partial charge is 0.246 e. The molecule has 0 bridgehead atoms. The molecule has 17 nitrogen and oxygen atoms in total. The van der Waals surface area contributed by atoms with Gasteiger partial charge in [-0.2, -0.15) is 0 Å². The lowest BCUT2D eigenvalue weighted by Gasteiger charge is -2.48. The second kappa shape index (κ2) is 14.3. The van der Waals surface area contributed by atoms with E-state index in [9.17, 15) is 25.3 Å². The highest BCUT2D eigenvalue weighted by Gasteiger charge is 2.52. The van der Waals surface area contributed by atoms with Crippen LogP contribution in [0.25, 0.3) is 0 Å². The van der Waals surface area contributed by atoms with E-state index in [0.29, 0.717) is 17.2 Å². The maximum absolute atomic E-state index is 12.7. The number of nitrogens with one attached hydrogen (secondary N) is 1. The molecule has 2 fully saturated rings. The lowest BCUT2D eigenvalue weighted by Crippen LogP contribution is -2.67. The highest BCUT2D eigenvalue weighted by Crippen LogP contribution is 2.36. The predicted molar refractivity (Wildman–Crippen MR) is 144 cm³/mol. The normalized spacial score (nSPS) is 39.4. The van der Waals surface area contributed by atoms with Crippen molar-refractivity contribution in [2.24, 2.45) is 39.6 Å². The minimum atomic E-state index is -1.46. The molecule has 3 aliphatic rings. The van der Waals surface area contributed by atoms with Gasteiger partial charge in [-0.1, -0.05) is 0 Å². The summed E-state index contributed by atoms with van der Waals surface area (Å²) < 4.78 is 23.7. The Balaban J connectivity index is 1.87. The maximum Gasteiger partial charge on any atom is 0.246 e. The van der Waals surface area contributed by atoms with Crippen LogP contribution >= 0.6 is 0 Å². The molecule has 2 aliphatic heterocycles. The van der Waals surface area contributed by atoms with Crippen molar-refractivity contribution in [2.45, 2.75) is 86.9 Å². The number of nitrogens with two attached hydrogens (primary N) is 5. The second-order valence-electron chi connectivity index (χ2n) is 10.9. The molecule has 1 aliphatic carbocycles. The summed E-state index contributed by atoms with van der Waals surface area (Å²) in [4.78, 5) is 16.9. The first-order valence-corrected chi connectivity index (χ1v) is 13.6. The van der Waals surface area contributed by atoms with Gasteiger partial charge in [-0.05, 0) is 38.8 Å². The minimum Gasteiger partial charge on any atom is -0.466 e. The van der Waals surface area contributed by atoms with Crippen LogP contribution < -0.4 is 34.0 Å². The number of ether oxygens (including phenoxy) is 4. The van der Waals surface area contributed by atoms with Crippen LogP contribution in [0, 0.1) is 5.92 Å². The third-order valence-corrected chi connectivity index (χ3v) is 7.61. The summed E-state index contributed by atoms with van der Waals surface area (Å²) in [7, 11) is 1.57. The standard InChI is InChI=1S/C24H46N8O9/c1-24(36)10-38-22(17(35)20(24)30-2)40-18-11(8-15(33)32(37)6-5-25)7-13(27)19(16(18)34)41-21-14(31-23(28)29)4-3-12(9-26)39-21/h3,11,13-14,16-22,30,34-37H,4-10,25-27H2,1-2H3,(H4,28,29,31)/t11-,13-,14+,16+,17+,18-,19?,20+,21+,22+,24-/m0/s1. The predicted octanol–water partition coefficient (Wildman–Crippen LogP) is -4.68. The third-order valence-electron chi connectivity index (χ3n) is 7.61. The van der Waals surface area contributed by atoms with Crippen LogP contribution in [0.15, 0.2) is 16.8 Å². The molecule has 0 aromatic carbocycles. The Hall–Kier alpha value is -2.16. The monoisotopic (exact) mass is 590 g/mol. The van der Waals surface area contributed by atoms with Crippen LogP contribution in [0.2, 0.25) is 0 Å². The number of guanidine groups is 1.